The summed E-state index contributed by atoms with van der Waals surface area (Å²) in [5.74, 6) is 0. The molecule has 0 saturated carbocycles. The molecule has 3 N–H and O–H groups in total. The number of rotatable bonds is 6. The Labute approximate surface area is 170 Å². The maximum absolute atomic E-state index is 11.4. The van der Waals surface area contributed by atoms with Crippen LogP contribution in [-0.2, 0) is 23.1 Å². The molecule has 3 aromatic carbocycles. The van der Waals surface area contributed by atoms with Crippen LogP contribution in [0.5, 0.6) is 0 Å². The van der Waals surface area contributed by atoms with Crippen molar-refractivity contribution in [1.82, 2.24) is 4.90 Å². The second-order valence-electron chi connectivity index (χ2n) is 6.33. The van der Waals surface area contributed by atoms with E-state index >= 15 is 0 Å². The van der Waals surface area contributed by atoms with E-state index in [4.69, 9.17) is 17.4 Å². The van der Waals surface area contributed by atoms with E-state index in [-0.39, 0.29) is 4.90 Å². The van der Waals surface area contributed by atoms with Crippen LogP contribution in [0, 0.1) is 0 Å². The summed E-state index contributed by atoms with van der Waals surface area (Å²) in [4.78, 5) is 2.13. The van der Waals surface area contributed by atoms with Gasteiger partial charge in [-0.1, -0.05) is 60.7 Å². The monoisotopic (exact) mass is 411 g/mol. The van der Waals surface area contributed by atoms with Crippen molar-refractivity contribution in [3.8, 4) is 0 Å². The highest BCUT2D eigenvalue weighted by atomic mass is 32.2. The van der Waals surface area contributed by atoms with Gasteiger partial charge in [-0.3, -0.25) is 0 Å². The number of anilines is 1. The molecule has 0 spiro atoms. The molecule has 3 rings (SSSR count). The summed E-state index contributed by atoms with van der Waals surface area (Å²) in [6.07, 6.45) is 0. The molecule has 0 aliphatic carbocycles. The molecule has 5 nitrogen and oxygen atoms in total. The summed E-state index contributed by atoms with van der Waals surface area (Å²) >= 11 is 5.63. The number of nitrogens with zero attached hydrogens (tertiary/aromatic N) is 1. The first kappa shape index (κ1) is 20.0. The van der Waals surface area contributed by atoms with Gasteiger partial charge in [-0.15, -0.1) is 0 Å². The van der Waals surface area contributed by atoms with Crippen molar-refractivity contribution in [2.45, 2.75) is 18.0 Å². The van der Waals surface area contributed by atoms with Gasteiger partial charge in [0.05, 0.1) is 4.90 Å². The van der Waals surface area contributed by atoms with Gasteiger partial charge < -0.3 is 10.2 Å². The lowest BCUT2D eigenvalue weighted by atomic mass is 10.2. The molecule has 0 bridgehead atoms. The first-order valence-corrected chi connectivity index (χ1v) is 10.6. The van der Waals surface area contributed by atoms with Crippen LogP contribution in [0.4, 0.5) is 5.69 Å². The molecule has 0 amide bonds. The van der Waals surface area contributed by atoms with Crippen LogP contribution in [0.25, 0.3) is 0 Å². The van der Waals surface area contributed by atoms with Crippen LogP contribution in [0.15, 0.2) is 89.8 Å². The van der Waals surface area contributed by atoms with Gasteiger partial charge in [-0.05, 0) is 47.6 Å². The second kappa shape index (κ2) is 8.97. The van der Waals surface area contributed by atoms with Crippen LogP contribution < -0.4 is 10.5 Å². The predicted octanol–water partition coefficient (Wildman–Crippen LogP) is 3.73. The Balaban J connectivity index is 1.77. The average molecular weight is 412 g/mol. The lowest BCUT2D eigenvalue weighted by molar-refractivity contribution is 0.413. The summed E-state index contributed by atoms with van der Waals surface area (Å²) in [6, 6.07) is 26.4. The van der Waals surface area contributed by atoms with E-state index in [1.807, 2.05) is 36.4 Å². The largest absolute Gasteiger partial charge is 0.340 e. The molecule has 28 heavy (non-hydrogen) atoms. The summed E-state index contributed by atoms with van der Waals surface area (Å²) in [5, 5.41) is 8.88. The van der Waals surface area contributed by atoms with Gasteiger partial charge in [0.1, 0.15) is 0 Å². The second-order valence-corrected chi connectivity index (χ2v) is 8.27. The molecular weight excluding hydrogens is 390 g/mol. The number of hydrogen-bond acceptors (Lipinski definition) is 3. The first-order valence-electron chi connectivity index (χ1n) is 8.68. The van der Waals surface area contributed by atoms with Crippen LogP contribution in [-0.4, -0.2) is 18.4 Å². The van der Waals surface area contributed by atoms with Crippen LogP contribution >= 0.6 is 12.2 Å². The molecule has 0 fully saturated rings. The number of primary sulfonamides is 1. The van der Waals surface area contributed by atoms with Crippen molar-refractivity contribution >= 4 is 33.0 Å². The Kier molecular flexibility index (Phi) is 6.41. The van der Waals surface area contributed by atoms with Crippen LogP contribution in [0.1, 0.15) is 11.1 Å². The zero-order valence-corrected chi connectivity index (χ0v) is 16.8. The normalized spacial score (nSPS) is 11.0. The van der Waals surface area contributed by atoms with E-state index in [1.54, 1.807) is 12.1 Å². The van der Waals surface area contributed by atoms with Crippen molar-refractivity contribution in [1.29, 1.82) is 0 Å². The molecule has 0 aliphatic rings. The molecule has 0 heterocycles. The molecule has 0 unspecified atom stereocenters. The molecular formula is C21H21N3O2S2. The Morgan fingerprint density at radius 3 is 1.71 bits per heavy atom. The number of hydrogen-bond donors (Lipinski definition) is 2. The maximum atomic E-state index is 11.4. The highest BCUT2D eigenvalue weighted by molar-refractivity contribution is 7.89. The van der Waals surface area contributed by atoms with Crippen molar-refractivity contribution in [3.63, 3.8) is 0 Å². The van der Waals surface area contributed by atoms with Gasteiger partial charge >= 0.3 is 0 Å². The molecule has 144 valence electrons. The Bertz CT molecular complexity index is 981. The van der Waals surface area contributed by atoms with E-state index in [2.05, 4.69) is 34.5 Å². The molecule has 0 aromatic heterocycles. The van der Waals surface area contributed by atoms with Crippen LogP contribution in [0.3, 0.4) is 0 Å². The number of thiocarbonyl (C=S) groups is 1. The standard InChI is InChI=1S/C21H21N3O2S2/c22-28(25,26)20-13-11-19(12-14-20)23-21(27)24(15-17-7-3-1-4-8-17)16-18-9-5-2-6-10-18/h1-14H,15-16H2,(H,23,27)(H2,22,25,26). The molecule has 7 heteroatoms. The number of benzene rings is 3. The summed E-state index contributed by atoms with van der Waals surface area (Å²) in [7, 11) is -3.72. The summed E-state index contributed by atoms with van der Waals surface area (Å²) < 4.78 is 22.8. The fourth-order valence-corrected chi connectivity index (χ4v) is 3.50. The van der Waals surface area contributed by atoms with Crippen molar-refractivity contribution in [2.24, 2.45) is 5.14 Å². The lowest BCUT2D eigenvalue weighted by Crippen LogP contribution is -2.33. The minimum absolute atomic E-state index is 0.0643. The third kappa shape index (κ3) is 5.63. The number of nitrogens with one attached hydrogen (secondary N) is 1. The van der Waals surface area contributed by atoms with Gasteiger partial charge in [0, 0.05) is 18.8 Å². The molecule has 0 aliphatic heterocycles. The van der Waals surface area contributed by atoms with E-state index in [0.717, 1.165) is 11.1 Å². The highest BCUT2D eigenvalue weighted by Gasteiger charge is 2.13. The molecule has 0 saturated heterocycles. The van der Waals surface area contributed by atoms with Crippen molar-refractivity contribution in [3.05, 3.63) is 96.1 Å². The maximum Gasteiger partial charge on any atom is 0.238 e. The Hall–Kier alpha value is -2.74. The third-order valence-corrected chi connectivity index (χ3v) is 5.44. The minimum Gasteiger partial charge on any atom is -0.340 e. The zero-order chi connectivity index (χ0) is 20.0. The first-order chi connectivity index (χ1) is 13.4. The smallest absolute Gasteiger partial charge is 0.238 e. The lowest BCUT2D eigenvalue weighted by Gasteiger charge is -2.26. The van der Waals surface area contributed by atoms with Gasteiger partial charge in [-0.2, -0.15) is 0 Å². The van der Waals surface area contributed by atoms with E-state index in [1.165, 1.54) is 12.1 Å². The topological polar surface area (TPSA) is 75.4 Å². The van der Waals surface area contributed by atoms with E-state index in [9.17, 15) is 8.42 Å². The fraction of sp³-hybridized carbons (Fsp3) is 0.0952. The number of nitrogens with two attached hydrogens (primary N) is 1. The Morgan fingerprint density at radius 1 is 0.821 bits per heavy atom. The Morgan fingerprint density at radius 2 is 1.29 bits per heavy atom. The zero-order valence-electron chi connectivity index (χ0n) is 15.2. The highest BCUT2D eigenvalue weighted by Crippen LogP contribution is 2.16. The fourth-order valence-electron chi connectivity index (χ4n) is 2.74. The summed E-state index contributed by atoms with van der Waals surface area (Å²) in [5.41, 5.74) is 2.99. The predicted molar refractivity (Wildman–Crippen MR) is 116 cm³/mol. The van der Waals surface area contributed by atoms with Gasteiger partial charge in [0.15, 0.2) is 5.11 Å². The quantitative estimate of drug-likeness (QED) is 0.605. The van der Waals surface area contributed by atoms with Gasteiger partial charge in [0.2, 0.25) is 10.0 Å². The van der Waals surface area contributed by atoms with E-state index in [0.29, 0.717) is 23.9 Å². The third-order valence-electron chi connectivity index (χ3n) is 4.15. The molecule has 0 atom stereocenters. The van der Waals surface area contributed by atoms with Gasteiger partial charge in [0.25, 0.3) is 0 Å². The van der Waals surface area contributed by atoms with Crippen LogP contribution in [0.2, 0.25) is 0 Å². The van der Waals surface area contributed by atoms with E-state index < -0.39 is 10.0 Å². The molecule has 0 radical (unpaired) electrons. The van der Waals surface area contributed by atoms with Gasteiger partial charge in [-0.25, -0.2) is 13.6 Å². The summed E-state index contributed by atoms with van der Waals surface area (Å²) in [6.45, 7) is 1.30. The average Bonchev–Trinajstić information content (AvgIpc) is 2.69. The minimum atomic E-state index is -3.72. The molecule has 3 aromatic rings. The SMILES string of the molecule is NS(=O)(=O)c1ccc(NC(=S)N(Cc2ccccc2)Cc2ccccc2)cc1. The van der Waals surface area contributed by atoms with Crippen molar-refractivity contribution in [2.75, 3.05) is 5.32 Å². The van der Waals surface area contributed by atoms with Crippen molar-refractivity contribution < 1.29 is 8.42 Å². The number of sulfonamides is 1.